The summed E-state index contributed by atoms with van der Waals surface area (Å²) in [5.74, 6) is -0.0366. The minimum atomic E-state index is -0.307. The van der Waals surface area contributed by atoms with Crippen LogP contribution in [0, 0.1) is 6.92 Å². The van der Waals surface area contributed by atoms with Gasteiger partial charge in [-0.05, 0) is 26.3 Å². The molecule has 5 nitrogen and oxygen atoms in total. The van der Waals surface area contributed by atoms with Crippen molar-refractivity contribution in [3.63, 3.8) is 0 Å². The molecule has 134 valence electrons. The second-order valence-corrected chi connectivity index (χ2v) is 6.37. The van der Waals surface area contributed by atoms with Crippen molar-refractivity contribution in [3.05, 3.63) is 53.6 Å². The molecule has 1 aliphatic heterocycles. The van der Waals surface area contributed by atoms with Crippen molar-refractivity contribution in [3.8, 4) is 0 Å². The number of aryl methyl sites for hydroxylation is 1. The number of amides is 2. The van der Waals surface area contributed by atoms with Gasteiger partial charge >= 0.3 is 6.09 Å². The van der Waals surface area contributed by atoms with E-state index in [4.69, 9.17) is 4.74 Å². The van der Waals surface area contributed by atoms with Gasteiger partial charge in [-0.2, -0.15) is 0 Å². The SMILES string of the molecule is Cc1ccc(/C=C/C=C/C(=O)N2CCN(C(=O)OC(C)C)CC2)cc1. The van der Waals surface area contributed by atoms with Crippen LogP contribution in [0.1, 0.15) is 25.0 Å². The maximum atomic E-state index is 12.2. The van der Waals surface area contributed by atoms with Crippen molar-refractivity contribution in [1.29, 1.82) is 0 Å². The molecule has 0 atom stereocenters. The number of hydrogen-bond acceptors (Lipinski definition) is 3. The highest BCUT2D eigenvalue weighted by molar-refractivity contribution is 5.88. The van der Waals surface area contributed by atoms with Gasteiger partial charge in [0.25, 0.3) is 0 Å². The summed E-state index contributed by atoms with van der Waals surface area (Å²) in [6, 6.07) is 8.19. The molecule has 2 amide bonds. The molecule has 1 fully saturated rings. The molecule has 1 aromatic carbocycles. The third-order valence-corrected chi connectivity index (χ3v) is 3.90. The van der Waals surface area contributed by atoms with Gasteiger partial charge in [-0.3, -0.25) is 4.79 Å². The van der Waals surface area contributed by atoms with Crippen molar-refractivity contribution in [2.75, 3.05) is 26.2 Å². The van der Waals surface area contributed by atoms with Gasteiger partial charge in [0.15, 0.2) is 0 Å². The van der Waals surface area contributed by atoms with Gasteiger partial charge in [-0.15, -0.1) is 0 Å². The number of ether oxygens (including phenoxy) is 1. The number of hydrogen-bond donors (Lipinski definition) is 0. The molecule has 0 unspecified atom stereocenters. The van der Waals surface area contributed by atoms with Crippen LogP contribution in [-0.2, 0) is 9.53 Å². The summed E-state index contributed by atoms with van der Waals surface area (Å²) in [6.45, 7) is 7.76. The topological polar surface area (TPSA) is 49.9 Å². The van der Waals surface area contributed by atoms with Crippen molar-refractivity contribution in [1.82, 2.24) is 9.80 Å². The van der Waals surface area contributed by atoms with Crippen LogP contribution in [0.2, 0.25) is 0 Å². The minimum Gasteiger partial charge on any atom is -0.447 e. The Morgan fingerprint density at radius 1 is 1.00 bits per heavy atom. The normalized spacial score (nSPS) is 15.4. The Labute approximate surface area is 149 Å². The Kier molecular flexibility index (Phi) is 6.81. The lowest BCUT2D eigenvalue weighted by atomic mass is 10.1. The van der Waals surface area contributed by atoms with E-state index < -0.39 is 0 Å². The lowest BCUT2D eigenvalue weighted by Crippen LogP contribution is -2.50. The predicted octanol–water partition coefficient (Wildman–Crippen LogP) is 3.25. The van der Waals surface area contributed by atoms with E-state index in [1.54, 1.807) is 22.0 Å². The Bertz CT molecular complexity index is 639. The third-order valence-electron chi connectivity index (χ3n) is 3.90. The summed E-state index contributed by atoms with van der Waals surface area (Å²) in [6.07, 6.45) is 6.70. The fourth-order valence-electron chi connectivity index (χ4n) is 2.47. The van der Waals surface area contributed by atoms with Crippen molar-refractivity contribution in [2.45, 2.75) is 26.9 Å². The van der Waals surface area contributed by atoms with Crippen LogP contribution < -0.4 is 0 Å². The van der Waals surface area contributed by atoms with Gasteiger partial charge in [0.2, 0.25) is 5.91 Å². The van der Waals surface area contributed by atoms with Crippen LogP contribution in [0.15, 0.2) is 42.5 Å². The highest BCUT2D eigenvalue weighted by atomic mass is 16.6. The average molecular weight is 342 g/mol. The fourth-order valence-corrected chi connectivity index (χ4v) is 2.47. The van der Waals surface area contributed by atoms with Crippen LogP contribution >= 0.6 is 0 Å². The molecule has 25 heavy (non-hydrogen) atoms. The number of allylic oxidation sites excluding steroid dienone is 2. The summed E-state index contributed by atoms with van der Waals surface area (Å²) in [4.78, 5) is 27.4. The monoisotopic (exact) mass is 342 g/mol. The van der Waals surface area contributed by atoms with Crippen LogP contribution in [-0.4, -0.2) is 54.1 Å². The minimum absolute atomic E-state index is 0.0366. The molecule has 0 N–H and O–H groups in total. The smallest absolute Gasteiger partial charge is 0.410 e. The van der Waals surface area contributed by atoms with Gasteiger partial charge in [-0.25, -0.2) is 4.79 Å². The van der Waals surface area contributed by atoms with E-state index >= 15 is 0 Å². The summed E-state index contributed by atoms with van der Waals surface area (Å²) in [5.41, 5.74) is 2.32. The first-order chi connectivity index (χ1) is 12.0. The van der Waals surface area contributed by atoms with Gasteiger partial charge in [-0.1, -0.05) is 48.1 Å². The summed E-state index contributed by atoms with van der Waals surface area (Å²) in [5, 5.41) is 0. The Hall–Kier alpha value is -2.56. The zero-order valence-electron chi connectivity index (χ0n) is 15.1. The van der Waals surface area contributed by atoms with Gasteiger partial charge < -0.3 is 14.5 Å². The summed E-state index contributed by atoms with van der Waals surface area (Å²) < 4.78 is 5.17. The molecule has 0 bridgehead atoms. The second kappa shape index (κ2) is 9.06. The molecule has 5 heteroatoms. The molecule has 1 saturated heterocycles. The fraction of sp³-hybridized carbons (Fsp3) is 0.400. The van der Waals surface area contributed by atoms with E-state index in [2.05, 4.69) is 12.1 Å². The van der Waals surface area contributed by atoms with Gasteiger partial charge in [0, 0.05) is 32.3 Å². The first-order valence-electron chi connectivity index (χ1n) is 8.61. The van der Waals surface area contributed by atoms with Crippen LogP contribution in [0.3, 0.4) is 0 Å². The molecule has 1 aromatic rings. The largest absolute Gasteiger partial charge is 0.447 e. The zero-order valence-corrected chi connectivity index (χ0v) is 15.1. The number of carbonyl (C=O) groups is 2. The van der Waals surface area contributed by atoms with E-state index in [1.807, 2.05) is 45.1 Å². The summed E-state index contributed by atoms with van der Waals surface area (Å²) in [7, 11) is 0. The first kappa shape index (κ1) is 18.8. The molecule has 0 aliphatic carbocycles. The maximum Gasteiger partial charge on any atom is 0.410 e. The Balaban J connectivity index is 1.78. The van der Waals surface area contributed by atoms with E-state index in [-0.39, 0.29) is 18.1 Å². The molecule has 1 aliphatic rings. The standard InChI is InChI=1S/C20H26N2O3/c1-16(2)25-20(24)22-14-12-21(13-15-22)19(23)7-5-4-6-18-10-8-17(3)9-11-18/h4-11,16H,12-15H2,1-3H3/b6-4+,7-5+. The van der Waals surface area contributed by atoms with E-state index in [1.165, 1.54) is 5.56 Å². The van der Waals surface area contributed by atoms with E-state index in [0.29, 0.717) is 26.2 Å². The summed E-state index contributed by atoms with van der Waals surface area (Å²) >= 11 is 0. The second-order valence-electron chi connectivity index (χ2n) is 6.37. The molecule has 0 aromatic heterocycles. The third kappa shape index (κ3) is 6.10. The van der Waals surface area contributed by atoms with E-state index in [0.717, 1.165) is 5.56 Å². The van der Waals surface area contributed by atoms with Crippen molar-refractivity contribution >= 4 is 18.1 Å². The first-order valence-corrected chi connectivity index (χ1v) is 8.61. The molecular weight excluding hydrogens is 316 g/mol. The van der Waals surface area contributed by atoms with Crippen LogP contribution in [0.5, 0.6) is 0 Å². The molecular formula is C20H26N2O3. The Morgan fingerprint density at radius 3 is 2.20 bits per heavy atom. The molecule has 0 saturated carbocycles. The number of carbonyl (C=O) groups excluding carboxylic acids is 2. The maximum absolute atomic E-state index is 12.2. The lowest BCUT2D eigenvalue weighted by molar-refractivity contribution is -0.127. The number of piperazine rings is 1. The lowest BCUT2D eigenvalue weighted by Gasteiger charge is -2.33. The number of rotatable bonds is 4. The van der Waals surface area contributed by atoms with Crippen molar-refractivity contribution < 1.29 is 14.3 Å². The molecule has 1 heterocycles. The van der Waals surface area contributed by atoms with Gasteiger partial charge in [0.05, 0.1) is 6.10 Å². The highest BCUT2D eigenvalue weighted by Gasteiger charge is 2.24. The van der Waals surface area contributed by atoms with Gasteiger partial charge in [0.1, 0.15) is 0 Å². The van der Waals surface area contributed by atoms with E-state index in [9.17, 15) is 9.59 Å². The predicted molar refractivity (Wildman–Crippen MR) is 99.1 cm³/mol. The van der Waals surface area contributed by atoms with Crippen LogP contribution in [0.4, 0.5) is 4.79 Å². The number of benzene rings is 1. The number of nitrogens with zero attached hydrogens (tertiary/aromatic N) is 2. The average Bonchev–Trinajstić information content (AvgIpc) is 2.59. The molecule has 0 spiro atoms. The quantitative estimate of drug-likeness (QED) is 0.623. The van der Waals surface area contributed by atoms with Crippen molar-refractivity contribution in [2.24, 2.45) is 0 Å². The Morgan fingerprint density at radius 2 is 1.60 bits per heavy atom. The molecule has 0 radical (unpaired) electrons. The highest BCUT2D eigenvalue weighted by Crippen LogP contribution is 2.07. The van der Waals surface area contributed by atoms with Crippen LogP contribution in [0.25, 0.3) is 6.08 Å². The molecule has 2 rings (SSSR count). The zero-order chi connectivity index (χ0) is 18.2.